The number of piperidine rings is 1. The van der Waals surface area contributed by atoms with Crippen LogP contribution in [0.5, 0.6) is 0 Å². The number of hydrogen-bond acceptors (Lipinski definition) is 9. The van der Waals surface area contributed by atoms with Crippen LogP contribution in [0.1, 0.15) is 59.4 Å². The maximum Gasteiger partial charge on any atom is 0.338 e. The Morgan fingerprint density at radius 2 is 2.00 bits per heavy atom. The number of likely N-dealkylation sites (tertiary alicyclic amines) is 1. The highest BCUT2D eigenvalue weighted by Gasteiger charge is 2.39. The zero-order valence-corrected chi connectivity index (χ0v) is 29.1. The van der Waals surface area contributed by atoms with Crippen molar-refractivity contribution < 1.29 is 14.3 Å². The van der Waals surface area contributed by atoms with Crippen LogP contribution in [0, 0.1) is 30.1 Å². The van der Waals surface area contributed by atoms with Crippen molar-refractivity contribution in [1.29, 1.82) is 5.26 Å². The second kappa shape index (κ2) is 13.4. The van der Waals surface area contributed by atoms with Gasteiger partial charge in [-0.1, -0.05) is 23.4 Å². The van der Waals surface area contributed by atoms with Gasteiger partial charge in [0.15, 0.2) is 0 Å². The number of aromatic nitrogens is 4. The summed E-state index contributed by atoms with van der Waals surface area (Å²) in [5, 5.41) is 22.2. The first kappa shape index (κ1) is 33.6. The topological polar surface area (TPSA) is 128 Å². The average molecular weight is 710 g/mol. The molecule has 1 saturated carbocycles. The summed E-state index contributed by atoms with van der Waals surface area (Å²) < 4.78 is 16.9. The number of aryl methyl sites for hydroxylation is 1. The molecule has 1 aliphatic heterocycles. The van der Waals surface area contributed by atoms with Crippen molar-refractivity contribution in [2.45, 2.75) is 57.3 Å². The number of rotatable bonds is 7. The van der Waals surface area contributed by atoms with Gasteiger partial charge >= 0.3 is 5.97 Å². The van der Waals surface area contributed by atoms with Crippen LogP contribution in [0.15, 0.2) is 46.8 Å². The number of anilines is 1. The lowest BCUT2D eigenvalue weighted by Gasteiger charge is -2.42. The van der Waals surface area contributed by atoms with Crippen molar-refractivity contribution in [3.63, 3.8) is 0 Å². The molecule has 10 nitrogen and oxygen atoms in total. The molecule has 5 heterocycles. The van der Waals surface area contributed by atoms with E-state index in [-0.39, 0.29) is 34.7 Å². The number of halogens is 2. The Balaban J connectivity index is 1.18. The van der Waals surface area contributed by atoms with Crippen molar-refractivity contribution in [1.82, 2.24) is 24.4 Å². The molecule has 13 heteroatoms. The summed E-state index contributed by atoms with van der Waals surface area (Å²) >= 11 is 7.68. The van der Waals surface area contributed by atoms with Crippen molar-refractivity contribution in [2.75, 3.05) is 31.6 Å². The highest BCUT2D eigenvalue weighted by atomic mass is 35.5. The fourth-order valence-corrected chi connectivity index (χ4v) is 8.18. The Kier molecular flexibility index (Phi) is 9.04. The van der Waals surface area contributed by atoms with Crippen LogP contribution in [0.4, 0.5) is 10.2 Å². The second-order valence-corrected chi connectivity index (χ2v) is 14.3. The molecule has 1 N–H and O–H groups in total. The molecule has 7 rings (SSSR count). The van der Waals surface area contributed by atoms with Crippen molar-refractivity contribution >= 4 is 55.8 Å². The number of nitrogens with zero attached hydrogens (tertiary/aromatic N) is 7. The minimum absolute atomic E-state index is 0.0104. The third kappa shape index (κ3) is 6.20. The van der Waals surface area contributed by atoms with Gasteiger partial charge in [0.05, 0.1) is 39.4 Å². The molecule has 50 heavy (non-hydrogen) atoms. The second-order valence-electron chi connectivity index (χ2n) is 13.0. The van der Waals surface area contributed by atoms with Crippen LogP contribution in [-0.4, -0.2) is 73.9 Å². The molecule has 1 aliphatic carbocycles. The van der Waals surface area contributed by atoms with Crippen molar-refractivity contribution in [3.05, 3.63) is 79.9 Å². The Hall–Kier alpha value is -4.88. The monoisotopic (exact) mass is 709 g/mol. The van der Waals surface area contributed by atoms with Gasteiger partial charge in [-0.05, 0) is 63.3 Å². The summed E-state index contributed by atoms with van der Waals surface area (Å²) in [5.41, 5.74) is 1.68. The van der Waals surface area contributed by atoms with Crippen molar-refractivity contribution in [3.8, 4) is 29.0 Å². The molecule has 2 fully saturated rings. The maximum atomic E-state index is 14.7. The lowest BCUT2D eigenvalue weighted by molar-refractivity contribution is 0.0134. The number of thiophene rings is 1. The number of carbonyl (C=O) groups is 1. The fraction of sp³-hybridized carbons (Fsp3) is 0.351. The van der Waals surface area contributed by atoms with E-state index < -0.39 is 11.6 Å². The van der Waals surface area contributed by atoms with Gasteiger partial charge in [0.2, 0.25) is 0 Å². The Bertz CT molecular complexity index is 2330. The first-order valence-corrected chi connectivity index (χ1v) is 17.7. The van der Waals surface area contributed by atoms with Crippen LogP contribution in [0.2, 0.25) is 5.02 Å². The SMILES string of the molecule is Cc1nc2cnc(N(C)C3CCN(CC4(F)CCC4)CC3)c(C#N)c2c(=O)n1CC#Cc1ccc(Cl)cc1-c1ccnc2c(C(=O)O)csc12. The van der Waals surface area contributed by atoms with E-state index in [1.54, 1.807) is 49.0 Å². The van der Waals surface area contributed by atoms with Gasteiger partial charge in [0, 0.05) is 66.0 Å². The lowest BCUT2D eigenvalue weighted by Crippen LogP contribution is -2.50. The largest absolute Gasteiger partial charge is 0.478 e. The molecular weight excluding hydrogens is 677 g/mol. The number of nitriles is 1. The average Bonchev–Trinajstić information content (AvgIpc) is 3.54. The van der Waals surface area contributed by atoms with Crippen LogP contribution >= 0.6 is 22.9 Å². The third-order valence-electron chi connectivity index (χ3n) is 9.89. The Labute approximate surface area is 296 Å². The molecule has 5 aromatic rings. The summed E-state index contributed by atoms with van der Waals surface area (Å²) in [6.07, 6.45) is 6.93. The molecule has 0 radical (unpaired) electrons. The van der Waals surface area contributed by atoms with E-state index in [4.69, 9.17) is 11.6 Å². The fourth-order valence-electron chi connectivity index (χ4n) is 6.98. The molecule has 254 valence electrons. The molecule has 0 atom stereocenters. The molecule has 1 aromatic carbocycles. The summed E-state index contributed by atoms with van der Waals surface area (Å²) in [6.45, 7) is 3.73. The number of fused-ring (bicyclic) bond motifs is 2. The number of carboxylic acids is 1. The number of carboxylic acid groups (broad SMARTS) is 1. The van der Waals surface area contributed by atoms with Crippen molar-refractivity contribution in [2.24, 2.45) is 0 Å². The van der Waals surface area contributed by atoms with Gasteiger partial charge in [-0.15, -0.1) is 11.3 Å². The van der Waals surface area contributed by atoms with Crippen LogP contribution in [0.3, 0.4) is 0 Å². The van der Waals surface area contributed by atoms with Crippen LogP contribution < -0.4 is 10.5 Å². The maximum absolute atomic E-state index is 14.7. The first-order valence-electron chi connectivity index (χ1n) is 16.4. The standard InChI is InChI=1S/C37H33ClFN7O3S/c1-22-43-30-19-42-34(44(2)25-9-15-45(16-10-25)21-37(39)11-4-12-37)28(18-40)31(30)35(47)46(22)14-3-5-23-6-7-24(38)17-27(23)26-8-13-41-32-29(36(48)49)20-50-33(26)32/h6-8,13,17,19-20,25H,4,9-12,14-16,21H2,1-2H3,(H,48,49). The number of alkyl halides is 1. The van der Waals surface area contributed by atoms with E-state index in [0.29, 0.717) is 62.9 Å². The summed E-state index contributed by atoms with van der Waals surface area (Å²) in [6, 6.07) is 9.40. The Morgan fingerprint density at radius 3 is 2.70 bits per heavy atom. The molecule has 4 aromatic heterocycles. The molecular formula is C37H33ClFN7O3S. The molecule has 2 aliphatic rings. The molecule has 0 unspecified atom stereocenters. The third-order valence-corrected chi connectivity index (χ3v) is 11.1. The smallest absolute Gasteiger partial charge is 0.338 e. The normalized spacial score (nSPS) is 16.1. The molecule has 1 saturated heterocycles. The minimum Gasteiger partial charge on any atom is -0.478 e. The van der Waals surface area contributed by atoms with E-state index in [1.165, 1.54) is 15.9 Å². The summed E-state index contributed by atoms with van der Waals surface area (Å²) in [4.78, 5) is 43.4. The van der Waals surface area contributed by atoms with Gasteiger partial charge in [-0.3, -0.25) is 14.3 Å². The van der Waals surface area contributed by atoms with E-state index in [9.17, 15) is 24.3 Å². The van der Waals surface area contributed by atoms with E-state index in [2.05, 4.69) is 37.8 Å². The predicted octanol–water partition coefficient (Wildman–Crippen LogP) is 6.44. The number of hydrogen-bond donors (Lipinski definition) is 1. The number of pyridine rings is 2. The van der Waals surface area contributed by atoms with Gasteiger partial charge in [-0.2, -0.15) is 5.26 Å². The van der Waals surface area contributed by atoms with Gasteiger partial charge in [-0.25, -0.2) is 19.2 Å². The minimum atomic E-state index is -1.05. The zero-order valence-electron chi connectivity index (χ0n) is 27.5. The lowest BCUT2D eigenvalue weighted by atomic mass is 9.81. The quantitative estimate of drug-likeness (QED) is 0.190. The van der Waals surface area contributed by atoms with E-state index in [0.717, 1.165) is 37.9 Å². The van der Waals surface area contributed by atoms with Crippen LogP contribution in [-0.2, 0) is 6.54 Å². The highest BCUT2D eigenvalue weighted by Crippen LogP contribution is 2.38. The van der Waals surface area contributed by atoms with Crippen LogP contribution in [0.25, 0.3) is 32.2 Å². The molecule has 0 bridgehead atoms. The van der Waals surface area contributed by atoms with Gasteiger partial charge < -0.3 is 14.9 Å². The highest BCUT2D eigenvalue weighted by molar-refractivity contribution is 7.18. The summed E-state index contributed by atoms with van der Waals surface area (Å²) in [7, 11) is 1.89. The number of aromatic carboxylic acids is 1. The Morgan fingerprint density at radius 1 is 1.22 bits per heavy atom. The first-order chi connectivity index (χ1) is 24.1. The molecule has 0 amide bonds. The van der Waals surface area contributed by atoms with E-state index >= 15 is 0 Å². The van der Waals surface area contributed by atoms with Gasteiger partial charge in [0.1, 0.15) is 28.9 Å². The summed E-state index contributed by atoms with van der Waals surface area (Å²) in [5.74, 6) is 6.08. The zero-order chi connectivity index (χ0) is 35.2. The molecule has 0 spiro atoms. The van der Waals surface area contributed by atoms with E-state index in [1.807, 2.05) is 11.9 Å². The van der Waals surface area contributed by atoms with Gasteiger partial charge in [0.25, 0.3) is 5.56 Å². The number of benzene rings is 1. The predicted molar refractivity (Wildman–Crippen MR) is 193 cm³/mol.